The van der Waals surface area contributed by atoms with Crippen LogP contribution in [0, 0.1) is 6.92 Å². The number of hydrogen-bond donors (Lipinski definition) is 0. The van der Waals surface area contributed by atoms with Crippen molar-refractivity contribution in [2.24, 2.45) is 0 Å². The van der Waals surface area contributed by atoms with E-state index >= 15 is 0 Å². The van der Waals surface area contributed by atoms with E-state index in [4.69, 9.17) is 4.74 Å². The van der Waals surface area contributed by atoms with E-state index in [1.807, 2.05) is 0 Å². The second kappa shape index (κ2) is 16.1. The van der Waals surface area contributed by atoms with E-state index in [1.165, 1.54) is 12.8 Å². The monoisotopic (exact) mass is 205 g/mol. The van der Waals surface area contributed by atoms with Crippen molar-refractivity contribution in [1.29, 1.82) is 0 Å². The molecule has 0 aliphatic carbocycles. The summed E-state index contributed by atoms with van der Waals surface area (Å²) in [6, 6.07) is 0. The first-order chi connectivity index (χ1) is 3.50. The Hall–Kier alpha value is 1.21. The van der Waals surface area contributed by atoms with Crippen LogP contribution in [-0.2, 0) is 4.74 Å². The Morgan fingerprint density at radius 2 is 1.56 bits per heavy atom. The standard InChI is InChI=1S/C4H8O.C2H5.BrH.Mg/c1-2-4-5-3-1;1-2;;/h1-4H2;1H2,2H3;1H;/q;-1;;+2. The molecule has 0 unspecified atom stereocenters. The third kappa shape index (κ3) is 12.4. The number of halogens is 1. The van der Waals surface area contributed by atoms with Crippen molar-refractivity contribution in [3.8, 4) is 0 Å². The first-order valence-corrected chi connectivity index (χ1v) is 2.78. The van der Waals surface area contributed by atoms with Crippen LogP contribution < -0.4 is 17.0 Å². The smallest absolute Gasteiger partial charge is 1.00 e. The van der Waals surface area contributed by atoms with Crippen molar-refractivity contribution in [2.75, 3.05) is 13.2 Å². The van der Waals surface area contributed by atoms with Crippen molar-refractivity contribution in [3.05, 3.63) is 6.92 Å². The van der Waals surface area contributed by atoms with E-state index in [0.29, 0.717) is 0 Å². The molecule has 0 aromatic rings. The predicted molar refractivity (Wildman–Crippen MR) is 38.0 cm³/mol. The van der Waals surface area contributed by atoms with Crippen molar-refractivity contribution in [2.45, 2.75) is 19.8 Å². The fourth-order valence-electron chi connectivity index (χ4n) is 0.510. The quantitative estimate of drug-likeness (QED) is 0.342. The van der Waals surface area contributed by atoms with Crippen LogP contribution in [0.1, 0.15) is 21.2 Å². The molecule has 3 heteroatoms. The van der Waals surface area contributed by atoms with Crippen molar-refractivity contribution in [3.63, 3.8) is 0 Å². The molecule has 1 fully saturated rings. The van der Waals surface area contributed by atoms with E-state index < -0.39 is 0 Å². The second-order valence-electron chi connectivity index (χ2n) is 1.32. The van der Waals surface area contributed by atoms with Crippen LogP contribution in [0.3, 0.4) is 0 Å². The summed E-state index contributed by atoms with van der Waals surface area (Å²) in [5.74, 6) is 0. The average Bonchev–Trinajstić information content (AvgIpc) is 2.23. The fourth-order valence-corrected chi connectivity index (χ4v) is 0.510. The van der Waals surface area contributed by atoms with Crippen molar-refractivity contribution < 1.29 is 23.1 Å². The molecule has 52 valence electrons. The summed E-state index contributed by atoms with van der Waals surface area (Å²) in [7, 11) is 0. The third-order valence-corrected chi connectivity index (χ3v) is 0.827. The van der Waals surface area contributed by atoms with Crippen molar-refractivity contribution >= 4 is 23.1 Å². The van der Waals surface area contributed by atoms with Gasteiger partial charge in [-0.3, -0.25) is 0 Å². The van der Waals surface area contributed by atoms with Gasteiger partial charge in [-0.2, -0.15) is 6.92 Å². The molecule has 1 aliphatic heterocycles. The van der Waals surface area contributed by atoms with Gasteiger partial charge in [0.25, 0.3) is 0 Å². The molecular weight excluding hydrogens is 192 g/mol. The van der Waals surface area contributed by atoms with E-state index in [-0.39, 0.29) is 41.5 Å². The number of ether oxygens (including phenoxy) is 1. The zero-order valence-corrected chi connectivity index (χ0v) is 9.03. The number of rotatable bonds is 0. The molecule has 0 amide bonds. The van der Waals surface area contributed by atoms with Gasteiger partial charge in [0.1, 0.15) is 0 Å². The Kier molecular flexibility index (Phi) is 29.8. The van der Waals surface area contributed by atoms with Crippen LogP contribution in [0.2, 0.25) is 0 Å². The summed E-state index contributed by atoms with van der Waals surface area (Å²) in [6.07, 6.45) is 2.56. The van der Waals surface area contributed by atoms with Gasteiger partial charge in [-0.1, -0.05) is 0 Å². The molecule has 0 aromatic carbocycles. The minimum atomic E-state index is 0. The summed E-state index contributed by atoms with van der Waals surface area (Å²) in [4.78, 5) is 0. The first kappa shape index (κ1) is 16.7. The molecule has 1 saturated heterocycles. The normalized spacial score (nSPS) is 14.0. The van der Waals surface area contributed by atoms with E-state index in [1.54, 1.807) is 6.92 Å². The first-order valence-electron chi connectivity index (χ1n) is 2.78. The summed E-state index contributed by atoms with van der Waals surface area (Å²) in [5.41, 5.74) is 0. The zero-order chi connectivity index (χ0) is 5.54. The molecule has 9 heavy (non-hydrogen) atoms. The molecule has 0 saturated carbocycles. The molecular formula is C6H14BrMgO+. The summed E-state index contributed by atoms with van der Waals surface area (Å²) in [5, 5.41) is 0. The summed E-state index contributed by atoms with van der Waals surface area (Å²) in [6.45, 7) is 7.00. The Balaban J connectivity index is -0.0000000337. The van der Waals surface area contributed by atoms with Gasteiger partial charge in [-0.15, -0.1) is 0 Å². The molecule has 0 bridgehead atoms. The molecule has 1 nitrogen and oxygen atoms in total. The Morgan fingerprint density at radius 3 is 1.67 bits per heavy atom. The van der Waals surface area contributed by atoms with Gasteiger partial charge in [0.15, 0.2) is 0 Å². The van der Waals surface area contributed by atoms with Crippen LogP contribution in [0.5, 0.6) is 0 Å². The van der Waals surface area contributed by atoms with Gasteiger partial charge in [0, 0.05) is 13.2 Å². The molecule has 1 heterocycles. The maximum absolute atomic E-state index is 4.94. The Labute approximate surface area is 85.9 Å². The number of hydrogen-bond acceptors (Lipinski definition) is 1. The van der Waals surface area contributed by atoms with Gasteiger partial charge in [0.2, 0.25) is 0 Å². The van der Waals surface area contributed by atoms with Gasteiger partial charge < -0.3 is 28.6 Å². The van der Waals surface area contributed by atoms with Gasteiger partial charge in [0.05, 0.1) is 0 Å². The fraction of sp³-hybridized carbons (Fsp3) is 0.833. The van der Waals surface area contributed by atoms with Gasteiger partial charge in [-0.05, 0) is 12.8 Å². The van der Waals surface area contributed by atoms with E-state index in [2.05, 4.69) is 6.92 Å². The molecule has 1 rings (SSSR count). The van der Waals surface area contributed by atoms with Crippen LogP contribution in [0.25, 0.3) is 0 Å². The molecule has 1 aliphatic rings. The minimum absolute atomic E-state index is 0. The molecule has 0 aromatic heterocycles. The maximum atomic E-state index is 4.94. The topological polar surface area (TPSA) is 9.23 Å². The third-order valence-electron chi connectivity index (χ3n) is 0.827. The molecule has 0 spiro atoms. The van der Waals surface area contributed by atoms with Crippen LogP contribution in [0.15, 0.2) is 0 Å². The SMILES string of the molecule is C1CCOC1.[Br-].[CH2-]C.[H+].[Mg+2]. The summed E-state index contributed by atoms with van der Waals surface area (Å²) >= 11 is 0. The largest absolute Gasteiger partial charge is 2.00 e. The molecule has 0 N–H and O–H groups in total. The second-order valence-corrected chi connectivity index (χ2v) is 1.32. The van der Waals surface area contributed by atoms with Crippen LogP contribution in [-0.4, -0.2) is 36.3 Å². The average molecular weight is 206 g/mol. The predicted octanol–water partition coefficient (Wildman–Crippen LogP) is -1.63. The minimum Gasteiger partial charge on any atom is -1.00 e. The van der Waals surface area contributed by atoms with Gasteiger partial charge in [-0.25, -0.2) is 0 Å². The Morgan fingerprint density at radius 1 is 1.22 bits per heavy atom. The maximum Gasteiger partial charge on any atom is 2.00 e. The molecule has 0 radical (unpaired) electrons. The van der Waals surface area contributed by atoms with Crippen molar-refractivity contribution in [1.82, 2.24) is 0 Å². The van der Waals surface area contributed by atoms with Gasteiger partial charge >= 0.3 is 24.5 Å². The summed E-state index contributed by atoms with van der Waals surface area (Å²) < 4.78 is 4.94. The van der Waals surface area contributed by atoms with Crippen LogP contribution in [0.4, 0.5) is 0 Å². The van der Waals surface area contributed by atoms with E-state index in [0.717, 1.165) is 13.2 Å². The van der Waals surface area contributed by atoms with Crippen LogP contribution >= 0.6 is 0 Å². The molecule has 0 atom stereocenters. The Bertz CT molecular complexity index is 29.3. The van der Waals surface area contributed by atoms with E-state index in [9.17, 15) is 0 Å². The zero-order valence-electron chi connectivity index (χ0n) is 7.03.